The molecule has 2 aromatic heterocycles. The highest BCUT2D eigenvalue weighted by atomic mass is 19.1. The molecule has 0 radical (unpaired) electrons. The molecule has 6 N–H and O–H groups in total. The van der Waals surface area contributed by atoms with Crippen molar-refractivity contribution >= 4 is 23.2 Å². The lowest BCUT2D eigenvalue weighted by Crippen LogP contribution is -2.39. The third-order valence-corrected chi connectivity index (χ3v) is 5.59. The molecule has 3 aromatic rings. The molecular formula is C24H27FN6O. The molecule has 4 rings (SSSR count). The highest BCUT2D eigenvalue weighted by Crippen LogP contribution is 2.35. The van der Waals surface area contributed by atoms with E-state index in [0.717, 1.165) is 23.6 Å². The summed E-state index contributed by atoms with van der Waals surface area (Å²) < 4.78 is 14.8. The van der Waals surface area contributed by atoms with E-state index < -0.39 is 11.7 Å². The molecule has 1 aromatic carbocycles. The molecule has 1 amide bonds. The number of amides is 1. The Balaban J connectivity index is 1.64. The van der Waals surface area contributed by atoms with E-state index in [1.165, 1.54) is 12.8 Å². The van der Waals surface area contributed by atoms with Gasteiger partial charge in [-0.1, -0.05) is 43.2 Å². The molecule has 166 valence electrons. The highest BCUT2D eigenvalue weighted by Gasteiger charge is 2.28. The molecule has 8 heteroatoms. The number of nitrogens with zero attached hydrogens (tertiary/aromatic N) is 2. The number of anilines is 3. The standard InChI is InChI=1S/C24H27FN6O/c1-14(26)21(9-15-7-8-15)30-24-20(25)11-19(22(27)32)23(31-24)29-18-10-17(12-28-13-18)16-5-3-2-4-6-16/h2-6,10-15,21H,7-9,26H2,1H3,(H2,27,32)(H2,29,30,31)/t14-,21+/m0/s1. The van der Waals surface area contributed by atoms with Crippen molar-refractivity contribution in [2.75, 3.05) is 10.6 Å². The van der Waals surface area contributed by atoms with E-state index in [4.69, 9.17) is 11.5 Å². The molecule has 0 spiro atoms. The molecule has 0 unspecified atom stereocenters. The second kappa shape index (κ2) is 9.32. The summed E-state index contributed by atoms with van der Waals surface area (Å²) in [5.74, 6) is -0.631. The highest BCUT2D eigenvalue weighted by molar-refractivity contribution is 5.98. The zero-order valence-electron chi connectivity index (χ0n) is 17.9. The summed E-state index contributed by atoms with van der Waals surface area (Å²) in [7, 11) is 0. The van der Waals surface area contributed by atoms with Crippen LogP contribution >= 0.6 is 0 Å². The summed E-state index contributed by atoms with van der Waals surface area (Å²) in [4.78, 5) is 20.6. The molecule has 0 bridgehead atoms. The maximum absolute atomic E-state index is 14.8. The molecule has 2 atom stereocenters. The number of hydrogen-bond donors (Lipinski definition) is 4. The van der Waals surface area contributed by atoms with Gasteiger partial charge in [0.2, 0.25) is 0 Å². The van der Waals surface area contributed by atoms with Crippen LogP contribution in [0.5, 0.6) is 0 Å². The van der Waals surface area contributed by atoms with Crippen LogP contribution in [0.4, 0.5) is 21.7 Å². The number of pyridine rings is 2. The largest absolute Gasteiger partial charge is 0.365 e. The number of carbonyl (C=O) groups excluding carboxylic acids is 1. The molecule has 0 saturated heterocycles. The second-order valence-electron chi connectivity index (χ2n) is 8.32. The summed E-state index contributed by atoms with van der Waals surface area (Å²) >= 11 is 0. The summed E-state index contributed by atoms with van der Waals surface area (Å²) in [5.41, 5.74) is 14.0. The number of halogens is 1. The van der Waals surface area contributed by atoms with Gasteiger partial charge in [0, 0.05) is 23.8 Å². The van der Waals surface area contributed by atoms with Crippen molar-refractivity contribution in [3.63, 3.8) is 0 Å². The van der Waals surface area contributed by atoms with Gasteiger partial charge in [-0.2, -0.15) is 0 Å². The van der Waals surface area contributed by atoms with Crippen molar-refractivity contribution in [3.8, 4) is 11.1 Å². The third kappa shape index (κ3) is 5.20. The van der Waals surface area contributed by atoms with Crippen LogP contribution < -0.4 is 22.1 Å². The zero-order valence-corrected chi connectivity index (χ0v) is 17.9. The SMILES string of the molecule is C[C@H](N)[C@@H](CC1CC1)Nc1nc(Nc2cncc(-c3ccccc3)c2)c(C(N)=O)cc1F. The van der Waals surface area contributed by atoms with Crippen LogP contribution in [0.3, 0.4) is 0 Å². The molecular weight excluding hydrogens is 407 g/mol. The molecule has 1 aliphatic carbocycles. The monoisotopic (exact) mass is 434 g/mol. The quantitative estimate of drug-likeness (QED) is 0.403. The Hall–Kier alpha value is -3.52. The van der Waals surface area contributed by atoms with E-state index in [-0.39, 0.29) is 29.3 Å². The lowest BCUT2D eigenvalue weighted by Gasteiger charge is -2.24. The number of nitrogens with two attached hydrogens (primary N) is 2. The molecule has 0 aliphatic heterocycles. The molecule has 1 saturated carbocycles. The van der Waals surface area contributed by atoms with Gasteiger partial charge in [-0.25, -0.2) is 9.37 Å². The number of primary amides is 1. The summed E-state index contributed by atoms with van der Waals surface area (Å²) in [6.45, 7) is 1.88. The first-order valence-electron chi connectivity index (χ1n) is 10.7. The Kier molecular flexibility index (Phi) is 6.32. The van der Waals surface area contributed by atoms with Crippen molar-refractivity contribution < 1.29 is 9.18 Å². The van der Waals surface area contributed by atoms with Crippen LogP contribution in [0.15, 0.2) is 54.9 Å². The Morgan fingerprint density at radius 3 is 2.56 bits per heavy atom. The van der Waals surface area contributed by atoms with Gasteiger partial charge in [0.25, 0.3) is 5.91 Å². The average Bonchev–Trinajstić information content (AvgIpc) is 3.60. The van der Waals surface area contributed by atoms with E-state index in [1.54, 1.807) is 12.4 Å². The Labute approximate surface area is 186 Å². The van der Waals surface area contributed by atoms with Crippen LogP contribution in [0.1, 0.15) is 36.5 Å². The van der Waals surface area contributed by atoms with Crippen LogP contribution in [-0.4, -0.2) is 28.0 Å². The lowest BCUT2D eigenvalue weighted by molar-refractivity contribution is 0.100. The Bertz CT molecular complexity index is 1100. The topological polar surface area (TPSA) is 119 Å². The lowest BCUT2D eigenvalue weighted by atomic mass is 10.0. The Morgan fingerprint density at radius 1 is 1.16 bits per heavy atom. The van der Waals surface area contributed by atoms with E-state index in [9.17, 15) is 9.18 Å². The fraction of sp³-hybridized carbons (Fsp3) is 0.292. The van der Waals surface area contributed by atoms with Crippen LogP contribution in [0.25, 0.3) is 11.1 Å². The van der Waals surface area contributed by atoms with Gasteiger partial charge in [-0.3, -0.25) is 9.78 Å². The predicted molar refractivity (Wildman–Crippen MR) is 124 cm³/mol. The predicted octanol–water partition coefficient (Wildman–Crippen LogP) is 4.05. The van der Waals surface area contributed by atoms with Gasteiger partial charge in [-0.05, 0) is 37.0 Å². The van der Waals surface area contributed by atoms with Crippen molar-refractivity contribution in [2.24, 2.45) is 17.4 Å². The fourth-order valence-electron chi connectivity index (χ4n) is 3.60. The smallest absolute Gasteiger partial charge is 0.252 e. The van der Waals surface area contributed by atoms with Gasteiger partial charge in [0.1, 0.15) is 5.82 Å². The maximum atomic E-state index is 14.8. The van der Waals surface area contributed by atoms with Gasteiger partial charge in [-0.15, -0.1) is 0 Å². The van der Waals surface area contributed by atoms with Crippen molar-refractivity contribution in [1.29, 1.82) is 0 Å². The van der Waals surface area contributed by atoms with Crippen molar-refractivity contribution in [2.45, 2.75) is 38.3 Å². The average molecular weight is 435 g/mol. The van der Waals surface area contributed by atoms with Crippen LogP contribution in [-0.2, 0) is 0 Å². The van der Waals surface area contributed by atoms with Gasteiger partial charge >= 0.3 is 0 Å². The number of nitrogens with one attached hydrogen (secondary N) is 2. The first kappa shape index (κ1) is 21.7. The normalized spacial score (nSPS) is 15.1. The fourth-order valence-corrected chi connectivity index (χ4v) is 3.60. The van der Waals surface area contributed by atoms with E-state index in [2.05, 4.69) is 20.6 Å². The number of aromatic nitrogens is 2. The van der Waals surface area contributed by atoms with Gasteiger partial charge < -0.3 is 22.1 Å². The van der Waals surface area contributed by atoms with Gasteiger partial charge in [0.05, 0.1) is 17.4 Å². The molecule has 1 fully saturated rings. The second-order valence-corrected chi connectivity index (χ2v) is 8.32. The third-order valence-electron chi connectivity index (χ3n) is 5.59. The van der Waals surface area contributed by atoms with Crippen LogP contribution in [0.2, 0.25) is 0 Å². The number of carbonyl (C=O) groups is 1. The summed E-state index contributed by atoms with van der Waals surface area (Å²) in [6, 6.07) is 12.4. The minimum absolute atomic E-state index is 0.0348. The summed E-state index contributed by atoms with van der Waals surface area (Å²) in [5, 5.41) is 6.20. The molecule has 7 nitrogen and oxygen atoms in total. The number of hydrogen-bond acceptors (Lipinski definition) is 6. The zero-order chi connectivity index (χ0) is 22.7. The van der Waals surface area contributed by atoms with E-state index in [1.807, 2.05) is 43.3 Å². The first-order valence-corrected chi connectivity index (χ1v) is 10.7. The minimum atomic E-state index is -0.778. The Morgan fingerprint density at radius 2 is 1.91 bits per heavy atom. The van der Waals surface area contributed by atoms with E-state index in [0.29, 0.717) is 11.6 Å². The molecule has 2 heterocycles. The van der Waals surface area contributed by atoms with Crippen LogP contribution in [0, 0.1) is 11.7 Å². The van der Waals surface area contributed by atoms with Gasteiger partial charge in [0.15, 0.2) is 11.6 Å². The number of benzene rings is 1. The molecule has 32 heavy (non-hydrogen) atoms. The van der Waals surface area contributed by atoms with E-state index >= 15 is 0 Å². The molecule has 1 aliphatic rings. The van der Waals surface area contributed by atoms with Crippen molar-refractivity contribution in [3.05, 3.63) is 66.2 Å². The van der Waals surface area contributed by atoms with Crippen molar-refractivity contribution in [1.82, 2.24) is 9.97 Å². The maximum Gasteiger partial charge on any atom is 0.252 e. The number of rotatable bonds is 9. The minimum Gasteiger partial charge on any atom is -0.365 e. The first-order chi connectivity index (χ1) is 15.4. The summed E-state index contributed by atoms with van der Waals surface area (Å²) in [6.07, 6.45) is 6.53.